The summed E-state index contributed by atoms with van der Waals surface area (Å²) in [4.78, 5) is 23.8. The normalized spacial score (nSPS) is 14.6. The Morgan fingerprint density at radius 1 is 0.682 bits per heavy atom. The molecule has 0 aromatic carbocycles. The minimum atomic E-state index is -0.279. The highest BCUT2D eigenvalue weighted by molar-refractivity contribution is 6.18. The highest BCUT2D eigenvalue weighted by Gasteiger charge is 2.26. The highest BCUT2D eigenvalue weighted by Crippen LogP contribution is 2.18. The van der Waals surface area contributed by atoms with Crippen LogP contribution in [0.3, 0.4) is 0 Å². The van der Waals surface area contributed by atoms with Crippen LogP contribution >= 0.6 is 0 Å². The largest absolute Gasteiger partial charge is 0.486 e. The van der Waals surface area contributed by atoms with Gasteiger partial charge >= 0.3 is 0 Å². The van der Waals surface area contributed by atoms with Gasteiger partial charge in [0.15, 0.2) is 0 Å². The zero-order chi connectivity index (χ0) is 16.2. The first-order chi connectivity index (χ1) is 10.7. The van der Waals surface area contributed by atoms with Gasteiger partial charge in [-0.05, 0) is 25.0 Å². The molecule has 4 heteroatoms. The predicted octanol–water partition coefficient (Wildman–Crippen LogP) is 4.10. The van der Waals surface area contributed by atoms with Crippen LogP contribution in [-0.2, 0) is 19.1 Å². The van der Waals surface area contributed by atoms with Crippen molar-refractivity contribution < 1.29 is 19.1 Å². The average molecular weight is 308 g/mol. The van der Waals surface area contributed by atoms with E-state index < -0.39 is 0 Å². The highest BCUT2D eigenvalue weighted by atomic mass is 16.5. The molecule has 0 saturated heterocycles. The summed E-state index contributed by atoms with van der Waals surface area (Å²) in [6.07, 6.45) is 11.0. The summed E-state index contributed by atoms with van der Waals surface area (Å²) in [5.74, 6) is -0.392. The van der Waals surface area contributed by atoms with E-state index in [0.717, 1.165) is 51.4 Å². The van der Waals surface area contributed by atoms with E-state index in [4.69, 9.17) is 9.47 Å². The quantitative estimate of drug-likeness (QED) is 0.402. The first kappa shape index (κ1) is 18.5. The summed E-state index contributed by atoms with van der Waals surface area (Å²) in [7, 11) is 0. The molecule has 0 spiro atoms. The van der Waals surface area contributed by atoms with Gasteiger partial charge < -0.3 is 9.47 Å². The van der Waals surface area contributed by atoms with E-state index in [1.54, 1.807) is 0 Å². The van der Waals surface area contributed by atoms with Crippen LogP contribution in [0.1, 0.15) is 65.2 Å². The molecule has 22 heavy (non-hydrogen) atoms. The minimum Gasteiger partial charge on any atom is -0.486 e. The van der Waals surface area contributed by atoms with Gasteiger partial charge in [0.2, 0.25) is 23.1 Å². The maximum absolute atomic E-state index is 11.9. The van der Waals surface area contributed by atoms with Crippen LogP contribution in [0, 0.1) is 0 Å². The van der Waals surface area contributed by atoms with Crippen molar-refractivity contribution >= 4 is 11.6 Å². The molecule has 0 fully saturated rings. The molecule has 124 valence electrons. The number of rotatable bonds is 12. The van der Waals surface area contributed by atoms with Crippen molar-refractivity contribution in [3.63, 3.8) is 0 Å². The van der Waals surface area contributed by atoms with Gasteiger partial charge in [0.05, 0.1) is 13.2 Å². The standard InChI is InChI=1S/C18H28O4/c1-3-5-7-9-13-21-17-15(19)11-12-16(20)18(17)22-14-10-8-6-4-2/h11-12H,3-10,13-14H2,1-2H3. The minimum absolute atomic E-state index is 0.0829. The lowest BCUT2D eigenvalue weighted by Crippen LogP contribution is -2.19. The Bertz CT molecular complexity index is 383. The second-order valence-corrected chi connectivity index (χ2v) is 5.54. The lowest BCUT2D eigenvalue weighted by Gasteiger charge is -2.16. The number of hydrogen-bond acceptors (Lipinski definition) is 4. The molecule has 0 aromatic rings. The third kappa shape index (κ3) is 6.46. The molecule has 0 heterocycles. The Kier molecular flexibility index (Phi) is 9.28. The molecule has 0 atom stereocenters. The molecule has 0 amide bonds. The summed E-state index contributed by atoms with van der Waals surface area (Å²) in [5.41, 5.74) is 0. The molecule has 0 saturated carbocycles. The Balaban J connectivity index is 2.52. The molecule has 0 aromatic heterocycles. The second-order valence-electron chi connectivity index (χ2n) is 5.54. The van der Waals surface area contributed by atoms with Gasteiger partial charge in [0.25, 0.3) is 0 Å². The molecule has 1 aliphatic carbocycles. The number of allylic oxidation sites excluding steroid dienone is 2. The third-order valence-corrected chi connectivity index (χ3v) is 3.53. The molecule has 0 unspecified atom stereocenters. The van der Waals surface area contributed by atoms with E-state index in [9.17, 15) is 9.59 Å². The molecule has 4 nitrogen and oxygen atoms in total. The summed E-state index contributed by atoms with van der Waals surface area (Å²) >= 11 is 0. The van der Waals surface area contributed by atoms with Gasteiger partial charge in [-0.25, -0.2) is 0 Å². The monoisotopic (exact) mass is 308 g/mol. The maximum Gasteiger partial charge on any atom is 0.224 e. The van der Waals surface area contributed by atoms with E-state index >= 15 is 0 Å². The Morgan fingerprint density at radius 3 is 1.45 bits per heavy atom. The van der Waals surface area contributed by atoms with Crippen LogP contribution < -0.4 is 0 Å². The van der Waals surface area contributed by atoms with E-state index in [2.05, 4.69) is 13.8 Å². The summed E-state index contributed by atoms with van der Waals surface area (Å²) in [6, 6.07) is 0. The molecule has 1 rings (SSSR count). The molecule has 0 bridgehead atoms. The van der Waals surface area contributed by atoms with Crippen LogP contribution in [0.25, 0.3) is 0 Å². The summed E-state index contributed by atoms with van der Waals surface area (Å²) < 4.78 is 11.1. The van der Waals surface area contributed by atoms with Crippen molar-refractivity contribution in [3.05, 3.63) is 23.7 Å². The third-order valence-electron chi connectivity index (χ3n) is 3.53. The van der Waals surface area contributed by atoms with Gasteiger partial charge in [0, 0.05) is 0 Å². The molecule has 0 radical (unpaired) electrons. The summed E-state index contributed by atoms with van der Waals surface area (Å²) in [6.45, 7) is 5.18. The van der Waals surface area contributed by atoms with E-state index in [1.165, 1.54) is 12.2 Å². The van der Waals surface area contributed by atoms with Crippen molar-refractivity contribution in [3.8, 4) is 0 Å². The smallest absolute Gasteiger partial charge is 0.224 e. The van der Waals surface area contributed by atoms with Crippen molar-refractivity contribution in [1.29, 1.82) is 0 Å². The number of carbonyl (C=O) groups is 2. The molecule has 0 aliphatic heterocycles. The topological polar surface area (TPSA) is 52.6 Å². The van der Waals surface area contributed by atoms with Gasteiger partial charge in [-0.1, -0.05) is 52.4 Å². The lowest BCUT2D eigenvalue weighted by atomic mass is 10.1. The van der Waals surface area contributed by atoms with Crippen LogP contribution in [0.2, 0.25) is 0 Å². The van der Waals surface area contributed by atoms with Gasteiger partial charge in [-0.15, -0.1) is 0 Å². The van der Waals surface area contributed by atoms with E-state index in [-0.39, 0.29) is 23.1 Å². The number of unbranched alkanes of at least 4 members (excludes halogenated alkanes) is 6. The SMILES string of the molecule is CCCCCCOC1=C(OCCCCCC)C(=O)C=CC1=O. The zero-order valence-corrected chi connectivity index (χ0v) is 13.9. The summed E-state index contributed by atoms with van der Waals surface area (Å²) in [5, 5.41) is 0. The first-order valence-electron chi connectivity index (χ1n) is 8.47. The fourth-order valence-corrected chi connectivity index (χ4v) is 2.21. The molecule has 0 N–H and O–H groups in total. The number of hydrogen-bond donors (Lipinski definition) is 0. The number of carbonyl (C=O) groups excluding carboxylic acids is 2. The van der Waals surface area contributed by atoms with Gasteiger partial charge in [0.1, 0.15) is 0 Å². The van der Waals surface area contributed by atoms with Crippen LogP contribution in [-0.4, -0.2) is 24.8 Å². The second kappa shape index (κ2) is 11.0. The molecule has 1 aliphatic rings. The Morgan fingerprint density at radius 2 is 1.09 bits per heavy atom. The van der Waals surface area contributed by atoms with Crippen LogP contribution in [0.4, 0.5) is 0 Å². The van der Waals surface area contributed by atoms with Gasteiger partial charge in [-0.3, -0.25) is 9.59 Å². The fraction of sp³-hybridized carbons (Fsp3) is 0.667. The van der Waals surface area contributed by atoms with E-state index in [1.807, 2.05) is 0 Å². The number of ketones is 2. The van der Waals surface area contributed by atoms with Crippen molar-refractivity contribution in [2.75, 3.05) is 13.2 Å². The Labute approximate surface area is 133 Å². The van der Waals surface area contributed by atoms with Crippen molar-refractivity contribution in [2.24, 2.45) is 0 Å². The average Bonchev–Trinajstić information content (AvgIpc) is 2.52. The molecular weight excluding hydrogens is 280 g/mol. The van der Waals surface area contributed by atoms with Crippen molar-refractivity contribution in [1.82, 2.24) is 0 Å². The lowest BCUT2D eigenvalue weighted by molar-refractivity contribution is -0.120. The first-order valence-corrected chi connectivity index (χ1v) is 8.47. The number of ether oxygens (including phenoxy) is 2. The zero-order valence-electron chi connectivity index (χ0n) is 13.9. The van der Waals surface area contributed by atoms with Gasteiger partial charge in [-0.2, -0.15) is 0 Å². The predicted molar refractivity (Wildman–Crippen MR) is 86.4 cm³/mol. The van der Waals surface area contributed by atoms with E-state index in [0.29, 0.717) is 13.2 Å². The fourth-order valence-electron chi connectivity index (χ4n) is 2.21. The molecular formula is C18H28O4. The maximum atomic E-state index is 11.9. The van der Waals surface area contributed by atoms with Crippen LogP contribution in [0.15, 0.2) is 23.7 Å². The van der Waals surface area contributed by atoms with Crippen molar-refractivity contribution in [2.45, 2.75) is 65.2 Å². The van der Waals surface area contributed by atoms with Crippen LogP contribution in [0.5, 0.6) is 0 Å². The Hall–Kier alpha value is -1.58.